The smallest absolute Gasteiger partial charge is 0.452 e. The second-order valence-electron chi connectivity index (χ2n) is 4.51. The number of halogens is 3. The van der Waals surface area contributed by atoms with Crippen LogP contribution in [-0.4, -0.2) is 44.3 Å². The van der Waals surface area contributed by atoms with E-state index in [1.165, 1.54) is 25.3 Å². The lowest BCUT2D eigenvalue weighted by molar-refractivity contribution is -0.274. The lowest BCUT2D eigenvalue weighted by Crippen LogP contribution is -2.37. The Morgan fingerprint density at radius 1 is 1.12 bits per heavy atom. The quantitative estimate of drug-likeness (QED) is 0.559. The monoisotopic (exact) mass is 360 g/mol. The minimum absolute atomic E-state index is 0.241. The first kappa shape index (κ1) is 20.0. The standard InChI is InChI=1S/C15H15F3N2O5/c1-19-12(21)8-20-13(22)9-24-14(23)7-4-10-2-5-11(6-3-10)25-15(16,17)18/h2-7H,8-9H2,1H3,(H,19,21)(H,20,22)/b7-4+. The van der Waals surface area contributed by atoms with Crippen LogP contribution in [0, 0.1) is 0 Å². The minimum atomic E-state index is -4.78. The molecule has 0 aromatic heterocycles. The Labute approximate surface area is 140 Å². The summed E-state index contributed by atoms with van der Waals surface area (Å²) in [5, 5.41) is 4.53. The molecule has 0 aliphatic carbocycles. The molecule has 0 aliphatic heterocycles. The Bertz CT molecular complexity index is 642. The Morgan fingerprint density at radius 2 is 1.76 bits per heavy atom. The van der Waals surface area contributed by atoms with Gasteiger partial charge in [-0.1, -0.05) is 12.1 Å². The van der Waals surface area contributed by atoms with E-state index in [1.807, 2.05) is 0 Å². The summed E-state index contributed by atoms with van der Waals surface area (Å²) in [4.78, 5) is 33.6. The number of carbonyl (C=O) groups excluding carboxylic acids is 3. The molecule has 1 rings (SSSR count). The van der Waals surface area contributed by atoms with E-state index in [0.717, 1.165) is 18.2 Å². The van der Waals surface area contributed by atoms with Crippen LogP contribution in [0.1, 0.15) is 5.56 Å². The van der Waals surface area contributed by atoms with Gasteiger partial charge in [0, 0.05) is 13.1 Å². The van der Waals surface area contributed by atoms with Crippen molar-refractivity contribution in [2.75, 3.05) is 20.2 Å². The maximum absolute atomic E-state index is 12.0. The molecule has 2 amide bonds. The van der Waals surface area contributed by atoms with Gasteiger partial charge in [-0.15, -0.1) is 13.2 Å². The second-order valence-corrected chi connectivity index (χ2v) is 4.51. The summed E-state index contributed by atoms with van der Waals surface area (Å²) in [5.41, 5.74) is 0.426. The predicted molar refractivity (Wildman–Crippen MR) is 80.2 cm³/mol. The molecular formula is C15H15F3N2O5. The van der Waals surface area contributed by atoms with Crippen LogP contribution < -0.4 is 15.4 Å². The fourth-order valence-corrected chi connectivity index (χ4v) is 1.45. The molecule has 0 saturated carbocycles. The van der Waals surface area contributed by atoms with E-state index in [4.69, 9.17) is 0 Å². The maximum Gasteiger partial charge on any atom is 0.573 e. The zero-order valence-corrected chi connectivity index (χ0v) is 13.1. The summed E-state index contributed by atoms with van der Waals surface area (Å²) in [7, 11) is 1.40. The van der Waals surface area contributed by atoms with Crippen molar-refractivity contribution in [1.29, 1.82) is 0 Å². The molecule has 0 bridgehead atoms. The number of carbonyl (C=O) groups is 3. The van der Waals surface area contributed by atoms with Gasteiger partial charge < -0.3 is 20.1 Å². The summed E-state index contributed by atoms with van der Waals surface area (Å²) in [6.07, 6.45) is -2.48. The summed E-state index contributed by atoms with van der Waals surface area (Å²) in [5.74, 6) is -2.28. The molecule has 136 valence electrons. The van der Waals surface area contributed by atoms with E-state index in [1.54, 1.807) is 0 Å². The van der Waals surface area contributed by atoms with Crippen LogP contribution in [0.4, 0.5) is 13.2 Å². The molecule has 0 atom stereocenters. The van der Waals surface area contributed by atoms with Gasteiger partial charge in [-0.2, -0.15) is 0 Å². The van der Waals surface area contributed by atoms with Crippen LogP contribution >= 0.6 is 0 Å². The molecule has 0 aliphatic rings. The minimum Gasteiger partial charge on any atom is -0.452 e. The second kappa shape index (κ2) is 9.30. The normalized spacial score (nSPS) is 11.0. The Hall–Kier alpha value is -3.04. The number of alkyl halides is 3. The first-order chi connectivity index (χ1) is 11.7. The first-order valence-electron chi connectivity index (χ1n) is 6.87. The highest BCUT2D eigenvalue weighted by atomic mass is 19.4. The molecule has 0 unspecified atom stereocenters. The third-order valence-electron chi connectivity index (χ3n) is 2.60. The van der Waals surface area contributed by atoms with Gasteiger partial charge in [0.15, 0.2) is 6.61 Å². The molecule has 0 spiro atoms. The average molecular weight is 360 g/mol. The van der Waals surface area contributed by atoms with Gasteiger partial charge in [-0.25, -0.2) is 4.79 Å². The van der Waals surface area contributed by atoms with E-state index in [2.05, 4.69) is 20.1 Å². The molecule has 10 heteroatoms. The number of rotatable bonds is 7. The topological polar surface area (TPSA) is 93.7 Å². The number of hydrogen-bond donors (Lipinski definition) is 2. The molecular weight excluding hydrogens is 345 g/mol. The number of amides is 2. The lowest BCUT2D eigenvalue weighted by Gasteiger charge is -2.08. The number of hydrogen-bond acceptors (Lipinski definition) is 5. The molecule has 0 fully saturated rings. The van der Waals surface area contributed by atoms with Crippen molar-refractivity contribution < 1.29 is 37.0 Å². The van der Waals surface area contributed by atoms with Crippen molar-refractivity contribution in [3.05, 3.63) is 35.9 Å². The molecule has 0 saturated heterocycles. The van der Waals surface area contributed by atoms with Crippen LogP contribution in [0.25, 0.3) is 6.08 Å². The summed E-state index contributed by atoms with van der Waals surface area (Å²) in [6, 6.07) is 4.79. The zero-order valence-electron chi connectivity index (χ0n) is 13.1. The number of likely N-dealkylation sites (N-methyl/N-ethyl adjacent to an activating group) is 1. The van der Waals surface area contributed by atoms with E-state index in [-0.39, 0.29) is 12.3 Å². The molecule has 2 N–H and O–H groups in total. The van der Waals surface area contributed by atoms with Crippen molar-refractivity contribution in [3.63, 3.8) is 0 Å². The van der Waals surface area contributed by atoms with Crippen molar-refractivity contribution in [2.45, 2.75) is 6.36 Å². The van der Waals surface area contributed by atoms with Gasteiger partial charge >= 0.3 is 12.3 Å². The highest BCUT2D eigenvalue weighted by Crippen LogP contribution is 2.22. The molecule has 0 radical (unpaired) electrons. The molecule has 25 heavy (non-hydrogen) atoms. The van der Waals surface area contributed by atoms with E-state index >= 15 is 0 Å². The van der Waals surface area contributed by atoms with Crippen molar-refractivity contribution in [1.82, 2.24) is 10.6 Å². The zero-order chi connectivity index (χ0) is 18.9. The average Bonchev–Trinajstić information content (AvgIpc) is 2.55. The SMILES string of the molecule is CNC(=O)CNC(=O)COC(=O)/C=C/c1ccc(OC(F)(F)F)cc1. The van der Waals surface area contributed by atoms with E-state index in [9.17, 15) is 27.6 Å². The van der Waals surface area contributed by atoms with Crippen LogP contribution in [0.3, 0.4) is 0 Å². The van der Waals surface area contributed by atoms with Crippen LogP contribution in [0.15, 0.2) is 30.3 Å². The number of esters is 1. The Morgan fingerprint density at radius 3 is 2.32 bits per heavy atom. The summed E-state index contributed by atoms with van der Waals surface area (Å²) >= 11 is 0. The van der Waals surface area contributed by atoms with Gasteiger partial charge in [0.2, 0.25) is 5.91 Å². The highest BCUT2D eigenvalue weighted by molar-refractivity contribution is 5.90. The number of ether oxygens (including phenoxy) is 2. The van der Waals surface area contributed by atoms with Gasteiger partial charge in [0.05, 0.1) is 6.54 Å². The van der Waals surface area contributed by atoms with Crippen LogP contribution in [0.2, 0.25) is 0 Å². The van der Waals surface area contributed by atoms with Gasteiger partial charge in [-0.3, -0.25) is 9.59 Å². The first-order valence-corrected chi connectivity index (χ1v) is 6.87. The fraction of sp³-hybridized carbons (Fsp3) is 0.267. The Balaban J connectivity index is 2.41. The maximum atomic E-state index is 12.0. The van der Waals surface area contributed by atoms with Gasteiger partial charge in [0.25, 0.3) is 5.91 Å². The van der Waals surface area contributed by atoms with Gasteiger partial charge in [0.1, 0.15) is 5.75 Å². The molecule has 1 aromatic rings. The third kappa shape index (κ3) is 8.98. The molecule has 1 aromatic carbocycles. The molecule has 7 nitrogen and oxygen atoms in total. The van der Waals surface area contributed by atoms with Crippen molar-refractivity contribution >= 4 is 23.9 Å². The fourth-order valence-electron chi connectivity index (χ4n) is 1.45. The van der Waals surface area contributed by atoms with Gasteiger partial charge in [-0.05, 0) is 23.8 Å². The van der Waals surface area contributed by atoms with Crippen LogP contribution in [0.5, 0.6) is 5.75 Å². The van der Waals surface area contributed by atoms with Crippen molar-refractivity contribution in [3.8, 4) is 5.75 Å². The van der Waals surface area contributed by atoms with Crippen LogP contribution in [-0.2, 0) is 19.1 Å². The van der Waals surface area contributed by atoms with E-state index in [0.29, 0.717) is 5.56 Å². The Kier molecular flexibility index (Phi) is 7.44. The largest absolute Gasteiger partial charge is 0.573 e. The molecule has 0 heterocycles. The third-order valence-corrected chi connectivity index (χ3v) is 2.60. The van der Waals surface area contributed by atoms with E-state index < -0.39 is 30.8 Å². The number of nitrogens with one attached hydrogen (secondary N) is 2. The predicted octanol–water partition coefficient (Wildman–Crippen LogP) is 1.00. The summed E-state index contributed by atoms with van der Waals surface area (Å²) < 4.78 is 44.4. The number of benzene rings is 1. The van der Waals surface area contributed by atoms with Crippen molar-refractivity contribution in [2.24, 2.45) is 0 Å². The highest BCUT2D eigenvalue weighted by Gasteiger charge is 2.30. The lowest BCUT2D eigenvalue weighted by atomic mass is 10.2. The summed E-state index contributed by atoms with van der Waals surface area (Å²) in [6.45, 7) is -0.812.